The average Bonchev–Trinajstić information content (AvgIpc) is 3.75. The number of fused-ring (bicyclic) bond motifs is 1. The molecule has 3 aromatic carbocycles. The van der Waals surface area contributed by atoms with Crippen LogP contribution in [0.25, 0.3) is 0 Å². The van der Waals surface area contributed by atoms with Gasteiger partial charge in [-0.05, 0) is 105 Å². The summed E-state index contributed by atoms with van der Waals surface area (Å²) >= 11 is 6.24. The number of nitrogens with zero attached hydrogens (tertiary/aromatic N) is 6. The summed E-state index contributed by atoms with van der Waals surface area (Å²) in [7, 11) is 1.62. The fourth-order valence-corrected chi connectivity index (χ4v) is 13.0. The Morgan fingerprint density at radius 1 is 0.812 bits per heavy atom. The smallest absolute Gasteiger partial charge is 0.251 e. The number of carbonyl (C=O) groups is 5. The largest absolute Gasteiger partial charge is 0.497 e. The summed E-state index contributed by atoms with van der Waals surface area (Å²) in [6.45, 7) is 12.4. The molecule has 20 nitrogen and oxygen atoms in total. The van der Waals surface area contributed by atoms with E-state index in [1.54, 1.807) is 25.3 Å². The van der Waals surface area contributed by atoms with Crippen molar-refractivity contribution < 1.29 is 43.3 Å². The van der Waals surface area contributed by atoms with Crippen molar-refractivity contribution in [3.05, 3.63) is 112 Å². The van der Waals surface area contributed by atoms with Crippen LogP contribution in [0.1, 0.15) is 140 Å². The van der Waals surface area contributed by atoms with Gasteiger partial charge in [-0.1, -0.05) is 68.1 Å². The summed E-state index contributed by atoms with van der Waals surface area (Å²) in [5.74, 6) is 1.62. The van der Waals surface area contributed by atoms with Crippen LogP contribution in [0.3, 0.4) is 0 Å². The van der Waals surface area contributed by atoms with Crippen LogP contribution in [0.4, 0.5) is 5.82 Å². The normalized spacial score (nSPS) is 20.3. The van der Waals surface area contributed by atoms with Gasteiger partial charge in [0.05, 0.1) is 57.2 Å². The number of aromatic nitrogens is 2. The van der Waals surface area contributed by atoms with Gasteiger partial charge in [-0.15, -0.1) is 0 Å². The van der Waals surface area contributed by atoms with Crippen molar-refractivity contribution in [3.63, 3.8) is 0 Å². The number of piperidine rings is 2. The number of carbonyl (C=O) groups excluding carboxylic acids is 5. The van der Waals surface area contributed by atoms with Gasteiger partial charge in [0.15, 0.2) is 0 Å². The molecule has 3 aliphatic heterocycles. The summed E-state index contributed by atoms with van der Waals surface area (Å²) in [6, 6.07) is 20.1. The highest BCUT2D eigenvalue weighted by Gasteiger charge is 2.36. The second kappa shape index (κ2) is 31.3. The highest BCUT2D eigenvalue weighted by molar-refractivity contribution is 6.30. The number of benzene rings is 3. The summed E-state index contributed by atoms with van der Waals surface area (Å²) in [5.41, 5.74) is 5.03. The number of piperazine rings is 1. The fraction of sp³-hybridized carbons (Fsp3) is 0.578. The van der Waals surface area contributed by atoms with Gasteiger partial charge in [0.1, 0.15) is 29.7 Å². The van der Waals surface area contributed by atoms with E-state index >= 15 is 0 Å². The molecule has 460 valence electrons. The Hall–Kier alpha value is -6.42. The second-order valence-corrected chi connectivity index (χ2v) is 23.9. The lowest BCUT2D eigenvalue weighted by molar-refractivity contribution is -0.133. The molecule has 85 heavy (non-hydrogen) atoms. The van der Waals surface area contributed by atoms with Crippen LogP contribution in [-0.2, 0) is 30.5 Å². The number of anilines is 1. The Kier molecular flexibility index (Phi) is 23.2. The predicted molar refractivity (Wildman–Crippen MR) is 326 cm³/mol. The van der Waals surface area contributed by atoms with Gasteiger partial charge in [-0.2, -0.15) is 0 Å². The van der Waals surface area contributed by atoms with E-state index in [1.165, 1.54) is 6.33 Å². The van der Waals surface area contributed by atoms with Crippen molar-refractivity contribution in [1.29, 1.82) is 0 Å². The molecule has 2 aliphatic carbocycles. The standard InChI is InChI=1S/C64H88ClN11O9/c1-4-84-55-36-52(83-3)20-17-48(55)37-67-39-57(79)76-26-9-14-49(40-76)46-12-8-13-47(35-46)62(80)72-59(45-10-6-5-7-11-45)63(81)69-25-33-85-51-21-27-73(28-22-51)41-56(78)68-24-23-66-38-53(44-15-18-50(65)19-16-44)64(82)75-31-29-74(30-32-75)61-58-43(2)34-54(77)60(58)70-42-71-61/h8,12-13,15-20,35-36,42-43,45,49,51,53-54,59,66-67,77H,4-7,9-11,14,21-34,37-41H2,1-3H3,(H,68,78)(H,69,81)(H,72,80)/t43-,49?,53-,54-,59-/m1/s1. The number of likely N-dealkylation sites (tertiary alicyclic amines) is 2. The molecule has 1 unspecified atom stereocenters. The van der Waals surface area contributed by atoms with E-state index in [-0.39, 0.29) is 66.5 Å². The lowest BCUT2D eigenvalue weighted by Crippen LogP contribution is -2.52. The third-order valence-corrected chi connectivity index (χ3v) is 17.9. The summed E-state index contributed by atoms with van der Waals surface area (Å²) in [5, 5.41) is 27.1. The highest BCUT2D eigenvalue weighted by atomic mass is 35.5. The van der Waals surface area contributed by atoms with Gasteiger partial charge in [-0.3, -0.25) is 28.9 Å². The molecule has 0 spiro atoms. The van der Waals surface area contributed by atoms with Gasteiger partial charge in [0, 0.05) is 119 Å². The molecule has 9 rings (SSSR count). The number of methoxy groups -OCH3 is 1. The molecule has 0 radical (unpaired) electrons. The number of ether oxygens (including phenoxy) is 3. The molecular weight excluding hydrogens is 1100 g/mol. The van der Waals surface area contributed by atoms with Crippen LogP contribution in [-0.4, -0.2) is 183 Å². The third kappa shape index (κ3) is 17.2. The molecule has 5 amide bonds. The van der Waals surface area contributed by atoms with Gasteiger partial charge in [0.25, 0.3) is 5.91 Å². The van der Waals surface area contributed by atoms with E-state index < -0.39 is 18.1 Å². The van der Waals surface area contributed by atoms with Crippen LogP contribution < -0.4 is 41.0 Å². The second-order valence-electron chi connectivity index (χ2n) is 23.4. The van der Waals surface area contributed by atoms with Gasteiger partial charge in [-0.25, -0.2) is 9.97 Å². The first-order chi connectivity index (χ1) is 41.3. The molecule has 0 bridgehead atoms. The Bertz CT molecular complexity index is 2860. The van der Waals surface area contributed by atoms with Crippen molar-refractivity contribution in [1.82, 2.24) is 51.3 Å². The van der Waals surface area contributed by atoms with Crippen LogP contribution in [0.2, 0.25) is 5.02 Å². The number of aliphatic hydroxyl groups excluding tert-OH is 1. The Morgan fingerprint density at radius 2 is 1.60 bits per heavy atom. The molecular formula is C64H88ClN11O9. The summed E-state index contributed by atoms with van der Waals surface area (Å²) in [6.07, 6.45) is 9.74. The first-order valence-corrected chi connectivity index (χ1v) is 31.3. The van der Waals surface area contributed by atoms with Crippen LogP contribution >= 0.6 is 11.6 Å². The molecule has 5 atom stereocenters. The summed E-state index contributed by atoms with van der Waals surface area (Å²) in [4.78, 5) is 85.7. The molecule has 21 heteroatoms. The Morgan fingerprint density at radius 3 is 2.36 bits per heavy atom. The monoisotopic (exact) mass is 1190 g/mol. The molecule has 4 aromatic rings. The number of rotatable bonds is 26. The number of aliphatic hydroxyl groups is 1. The first-order valence-electron chi connectivity index (χ1n) is 31.0. The van der Waals surface area contributed by atoms with E-state index in [0.717, 1.165) is 91.6 Å². The highest BCUT2D eigenvalue weighted by Crippen LogP contribution is 2.43. The van der Waals surface area contributed by atoms with Crippen molar-refractivity contribution in [2.75, 3.05) is 117 Å². The quantitative estimate of drug-likeness (QED) is 0.0415. The molecule has 6 N–H and O–H groups in total. The molecule has 4 fully saturated rings. The maximum absolute atomic E-state index is 14.1. The van der Waals surface area contributed by atoms with Crippen molar-refractivity contribution in [2.45, 2.75) is 121 Å². The molecule has 3 saturated heterocycles. The molecule has 5 aliphatic rings. The number of halogens is 1. The van der Waals surface area contributed by atoms with Crippen molar-refractivity contribution >= 4 is 47.0 Å². The van der Waals surface area contributed by atoms with E-state index in [0.29, 0.717) is 127 Å². The van der Waals surface area contributed by atoms with Gasteiger partial charge in [0.2, 0.25) is 23.6 Å². The van der Waals surface area contributed by atoms with Crippen LogP contribution in [0.15, 0.2) is 73.1 Å². The van der Waals surface area contributed by atoms with E-state index in [1.807, 2.05) is 65.3 Å². The lowest BCUT2D eigenvalue weighted by Gasteiger charge is -2.38. The maximum atomic E-state index is 14.1. The van der Waals surface area contributed by atoms with Crippen LogP contribution in [0, 0.1) is 5.92 Å². The van der Waals surface area contributed by atoms with E-state index in [2.05, 4.69) is 53.3 Å². The number of nitrogens with one attached hydrogen (secondary N) is 5. The van der Waals surface area contributed by atoms with E-state index in [9.17, 15) is 29.1 Å². The Labute approximate surface area is 505 Å². The lowest BCUT2D eigenvalue weighted by atomic mass is 9.83. The minimum absolute atomic E-state index is 0.00472. The van der Waals surface area contributed by atoms with E-state index in [4.69, 9.17) is 25.8 Å². The minimum Gasteiger partial charge on any atom is -0.497 e. The molecule has 4 heterocycles. The minimum atomic E-state index is -0.674. The van der Waals surface area contributed by atoms with Crippen molar-refractivity contribution in [3.8, 4) is 11.5 Å². The number of hydrogen-bond acceptors (Lipinski definition) is 15. The zero-order valence-electron chi connectivity index (χ0n) is 49.8. The number of amides is 5. The summed E-state index contributed by atoms with van der Waals surface area (Å²) < 4.78 is 17.4. The van der Waals surface area contributed by atoms with Crippen LogP contribution in [0.5, 0.6) is 11.5 Å². The molecule has 1 saturated carbocycles. The van der Waals surface area contributed by atoms with Crippen molar-refractivity contribution in [2.24, 2.45) is 5.92 Å². The Balaban J connectivity index is 0.665. The number of hydrogen-bond donors (Lipinski definition) is 6. The third-order valence-electron chi connectivity index (χ3n) is 17.6. The SMILES string of the molecule is CCOc1cc(OC)ccc1CNCC(=O)N1CCCC(c2cccc(C(=O)N[C@@H](C(=O)NCCOC3CCN(CC(=O)NCCNC[C@@H](C(=O)N4CCN(c5ncnc6c5[C@H](C)C[C@H]6O)CC4)c4ccc(Cl)cc4)CC3)C3CCCCC3)c2)C1. The zero-order valence-corrected chi connectivity index (χ0v) is 50.6. The van der Waals surface area contributed by atoms with Gasteiger partial charge < -0.3 is 60.6 Å². The predicted octanol–water partition coefficient (Wildman–Crippen LogP) is 5.69. The average molecular weight is 1190 g/mol. The topological polar surface area (TPSA) is 232 Å². The molecule has 1 aromatic heterocycles. The first kappa shape index (κ1) is 63.1. The van der Waals surface area contributed by atoms with Gasteiger partial charge >= 0.3 is 0 Å². The maximum Gasteiger partial charge on any atom is 0.251 e. The fourth-order valence-electron chi connectivity index (χ4n) is 12.9. The zero-order chi connectivity index (χ0) is 59.7.